The van der Waals surface area contributed by atoms with Gasteiger partial charge in [-0.25, -0.2) is 4.39 Å². The van der Waals surface area contributed by atoms with Crippen molar-refractivity contribution < 1.29 is 9.13 Å². The van der Waals surface area contributed by atoms with E-state index in [-0.39, 0.29) is 5.82 Å². The van der Waals surface area contributed by atoms with Gasteiger partial charge in [-0.15, -0.1) is 0 Å². The molecule has 0 spiro atoms. The summed E-state index contributed by atoms with van der Waals surface area (Å²) in [5.74, 6) is 0.0334. The number of nitrogens with two attached hydrogens (primary N) is 1. The molecule has 0 saturated heterocycles. The number of benzene rings is 1. The monoisotopic (exact) mass is 171 g/mol. The van der Waals surface area contributed by atoms with Crippen LogP contribution in [0.5, 0.6) is 5.75 Å². The molecule has 0 bridgehead atoms. The molecular weight excluding hydrogens is 157 g/mol. The quantitative estimate of drug-likeness (QED) is 0.659. The number of halogens is 1. The van der Waals surface area contributed by atoms with Crippen LogP contribution in [0.25, 0.3) is 0 Å². The molecule has 0 heterocycles. The van der Waals surface area contributed by atoms with Gasteiger partial charge in [-0.05, 0) is 12.1 Å². The number of ether oxygens (including phenoxy) is 1. The number of hydrogen-bond donors (Lipinski definition) is 1. The molecule has 0 radical (unpaired) electrons. The van der Waals surface area contributed by atoms with Crippen molar-refractivity contribution >= 4 is 5.69 Å². The number of methoxy groups -OCH3 is 1. The van der Waals surface area contributed by atoms with Crippen LogP contribution in [0.3, 0.4) is 0 Å². The number of nitrogen functional groups attached to an aromatic ring is 1. The van der Waals surface area contributed by atoms with Crippen molar-refractivity contribution in [3.8, 4) is 5.75 Å². The highest BCUT2D eigenvalue weighted by molar-refractivity contribution is 5.51. The second-order valence-corrected chi connectivity index (χ2v) is 1.89. The van der Waals surface area contributed by atoms with E-state index in [1.54, 1.807) is 0 Å². The Hall–Kier alpha value is -1.25. The fourth-order valence-corrected chi connectivity index (χ4v) is 0.685. The molecule has 0 unspecified atom stereocenters. The number of hydrogen-bond acceptors (Lipinski definition) is 2. The van der Waals surface area contributed by atoms with Gasteiger partial charge in [-0.1, -0.05) is 13.8 Å². The number of anilines is 1. The van der Waals surface area contributed by atoms with Crippen molar-refractivity contribution in [2.45, 2.75) is 13.8 Å². The summed E-state index contributed by atoms with van der Waals surface area (Å²) in [6, 6.07) is 4.00. The van der Waals surface area contributed by atoms with E-state index in [1.807, 2.05) is 13.8 Å². The van der Waals surface area contributed by atoms with Crippen LogP contribution in [0, 0.1) is 5.82 Å². The van der Waals surface area contributed by atoms with Gasteiger partial charge in [-0.2, -0.15) is 0 Å². The lowest BCUT2D eigenvalue weighted by atomic mass is 10.3. The molecule has 2 nitrogen and oxygen atoms in total. The molecule has 0 saturated carbocycles. The summed E-state index contributed by atoms with van der Waals surface area (Å²) in [4.78, 5) is 0. The van der Waals surface area contributed by atoms with E-state index in [0.29, 0.717) is 11.4 Å². The van der Waals surface area contributed by atoms with E-state index in [9.17, 15) is 4.39 Å². The molecule has 1 aromatic carbocycles. The first-order chi connectivity index (χ1) is 5.74. The molecule has 0 aromatic heterocycles. The molecule has 0 aliphatic heterocycles. The van der Waals surface area contributed by atoms with Gasteiger partial charge in [0.25, 0.3) is 0 Å². The summed E-state index contributed by atoms with van der Waals surface area (Å²) < 4.78 is 17.2. The zero-order valence-corrected chi connectivity index (χ0v) is 7.60. The molecular formula is C9H14FNO. The molecule has 2 N–H and O–H groups in total. The molecule has 1 rings (SSSR count). The summed E-state index contributed by atoms with van der Waals surface area (Å²) in [5.41, 5.74) is 5.86. The Morgan fingerprint density at radius 1 is 1.33 bits per heavy atom. The highest BCUT2D eigenvalue weighted by Gasteiger charge is 1.98. The third-order valence-corrected chi connectivity index (χ3v) is 1.20. The van der Waals surface area contributed by atoms with Crippen LogP contribution < -0.4 is 10.5 Å². The minimum Gasteiger partial charge on any atom is -0.494 e. The average molecular weight is 171 g/mol. The smallest absolute Gasteiger partial charge is 0.144 e. The Morgan fingerprint density at radius 3 is 2.33 bits per heavy atom. The molecule has 0 amide bonds. The Balaban J connectivity index is 0.000000561. The summed E-state index contributed by atoms with van der Waals surface area (Å²) in [6.45, 7) is 4.00. The Labute approximate surface area is 72.2 Å². The third-order valence-electron chi connectivity index (χ3n) is 1.20. The molecule has 68 valence electrons. The van der Waals surface area contributed by atoms with E-state index in [4.69, 9.17) is 10.5 Å². The Bertz CT molecular complexity index is 238. The second-order valence-electron chi connectivity index (χ2n) is 1.89. The fourth-order valence-electron chi connectivity index (χ4n) is 0.685. The van der Waals surface area contributed by atoms with E-state index in [1.165, 1.54) is 25.3 Å². The molecule has 0 atom stereocenters. The third kappa shape index (κ3) is 2.78. The topological polar surface area (TPSA) is 35.2 Å². The highest BCUT2D eigenvalue weighted by Crippen LogP contribution is 2.20. The molecule has 12 heavy (non-hydrogen) atoms. The molecule has 0 aliphatic carbocycles. The van der Waals surface area contributed by atoms with E-state index in [0.717, 1.165) is 0 Å². The Morgan fingerprint density at radius 2 is 1.92 bits per heavy atom. The molecule has 3 heteroatoms. The van der Waals surface area contributed by atoms with Crippen LogP contribution in [0.4, 0.5) is 10.1 Å². The highest BCUT2D eigenvalue weighted by atomic mass is 19.1. The first kappa shape index (κ1) is 10.8. The molecule has 0 fully saturated rings. The SMILES string of the molecule is CC.COc1cc(F)ccc1N. The van der Waals surface area contributed by atoms with Gasteiger partial charge in [0.15, 0.2) is 0 Å². The predicted octanol–water partition coefficient (Wildman–Crippen LogP) is 2.44. The lowest BCUT2D eigenvalue weighted by Crippen LogP contribution is -1.92. The standard InChI is InChI=1S/C7H8FNO.C2H6/c1-10-7-4-5(8)2-3-6(7)9;1-2/h2-4H,9H2,1H3;1-2H3. The van der Waals surface area contributed by atoms with Gasteiger partial charge in [0.05, 0.1) is 12.8 Å². The number of rotatable bonds is 1. The van der Waals surface area contributed by atoms with Gasteiger partial charge >= 0.3 is 0 Å². The minimum atomic E-state index is -0.342. The van der Waals surface area contributed by atoms with Crippen molar-refractivity contribution in [3.05, 3.63) is 24.0 Å². The van der Waals surface area contributed by atoms with Crippen LogP contribution in [-0.2, 0) is 0 Å². The lowest BCUT2D eigenvalue weighted by Gasteiger charge is -2.01. The molecule has 0 aliphatic rings. The average Bonchev–Trinajstić information content (AvgIpc) is 2.13. The van der Waals surface area contributed by atoms with Gasteiger partial charge in [0.1, 0.15) is 11.6 Å². The first-order valence-electron chi connectivity index (χ1n) is 3.83. The van der Waals surface area contributed by atoms with Gasteiger partial charge in [-0.3, -0.25) is 0 Å². The van der Waals surface area contributed by atoms with Crippen molar-refractivity contribution in [1.29, 1.82) is 0 Å². The maximum absolute atomic E-state index is 12.4. The summed E-state index contributed by atoms with van der Waals surface area (Å²) in [5, 5.41) is 0. The largest absolute Gasteiger partial charge is 0.494 e. The van der Waals surface area contributed by atoms with Crippen LogP contribution in [-0.4, -0.2) is 7.11 Å². The minimum absolute atomic E-state index is 0.342. The first-order valence-corrected chi connectivity index (χ1v) is 3.83. The molecule has 1 aromatic rings. The zero-order valence-electron chi connectivity index (χ0n) is 7.60. The van der Waals surface area contributed by atoms with E-state index >= 15 is 0 Å². The van der Waals surface area contributed by atoms with Crippen LogP contribution in [0.15, 0.2) is 18.2 Å². The van der Waals surface area contributed by atoms with Crippen molar-refractivity contribution in [2.75, 3.05) is 12.8 Å². The predicted molar refractivity (Wildman–Crippen MR) is 48.7 cm³/mol. The van der Waals surface area contributed by atoms with Gasteiger partial charge in [0.2, 0.25) is 0 Å². The van der Waals surface area contributed by atoms with Crippen molar-refractivity contribution in [2.24, 2.45) is 0 Å². The van der Waals surface area contributed by atoms with Crippen LogP contribution >= 0.6 is 0 Å². The van der Waals surface area contributed by atoms with E-state index < -0.39 is 0 Å². The maximum Gasteiger partial charge on any atom is 0.144 e. The lowest BCUT2D eigenvalue weighted by molar-refractivity contribution is 0.413. The van der Waals surface area contributed by atoms with Crippen molar-refractivity contribution in [1.82, 2.24) is 0 Å². The van der Waals surface area contributed by atoms with Gasteiger partial charge < -0.3 is 10.5 Å². The van der Waals surface area contributed by atoms with Crippen LogP contribution in [0.1, 0.15) is 13.8 Å². The summed E-state index contributed by atoms with van der Waals surface area (Å²) in [6.07, 6.45) is 0. The second kappa shape index (κ2) is 5.41. The maximum atomic E-state index is 12.4. The Kier molecular flexibility index (Phi) is 4.84. The summed E-state index contributed by atoms with van der Waals surface area (Å²) in [7, 11) is 1.45. The van der Waals surface area contributed by atoms with Gasteiger partial charge in [0, 0.05) is 6.07 Å². The summed E-state index contributed by atoms with van der Waals surface area (Å²) >= 11 is 0. The van der Waals surface area contributed by atoms with Crippen molar-refractivity contribution in [3.63, 3.8) is 0 Å². The fraction of sp³-hybridized carbons (Fsp3) is 0.333. The zero-order chi connectivity index (χ0) is 9.56. The van der Waals surface area contributed by atoms with E-state index in [2.05, 4.69) is 0 Å². The van der Waals surface area contributed by atoms with Crippen LogP contribution in [0.2, 0.25) is 0 Å². The normalized spacial score (nSPS) is 8.33.